The van der Waals surface area contributed by atoms with Gasteiger partial charge in [-0.25, -0.2) is 18.4 Å². The van der Waals surface area contributed by atoms with Crippen LogP contribution in [-0.2, 0) is 16.1 Å². The number of carbonyl (C=O) groups is 3. The van der Waals surface area contributed by atoms with E-state index in [0.717, 1.165) is 23.0 Å². The number of carboxylic acid groups (broad SMARTS) is 1. The second-order valence-corrected chi connectivity index (χ2v) is 8.90. The highest BCUT2D eigenvalue weighted by Crippen LogP contribution is 2.26. The summed E-state index contributed by atoms with van der Waals surface area (Å²) in [6.07, 6.45) is -0.526. The van der Waals surface area contributed by atoms with Gasteiger partial charge in [-0.2, -0.15) is 0 Å². The van der Waals surface area contributed by atoms with Crippen LogP contribution in [0, 0.1) is 11.6 Å². The smallest absolute Gasteiger partial charge is 0.413 e. The number of urea groups is 1. The zero-order valence-corrected chi connectivity index (χ0v) is 20.6. The average Bonchev–Trinajstić information content (AvgIpc) is 3.35. The summed E-state index contributed by atoms with van der Waals surface area (Å²) >= 11 is 1.15. The summed E-state index contributed by atoms with van der Waals surface area (Å²) in [4.78, 5) is 37.1. The van der Waals surface area contributed by atoms with Gasteiger partial charge in [-0.1, -0.05) is 53.8 Å². The average molecular weight is 534 g/mol. The van der Waals surface area contributed by atoms with E-state index < -0.39 is 35.8 Å². The molecule has 0 bridgehead atoms. The zero-order chi connectivity index (χ0) is 26.8. The van der Waals surface area contributed by atoms with Crippen molar-refractivity contribution in [1.82, 2.24) is 20.4 Å². The van der Waals surface area contributed by atoms with E-state index in [9.17, 15) is 23.2 Å². The maximum Gasteiger partial charge on any atom is 0.413 e. The Balaban J connectivity index is 1.57. The zero-order valence-electron chi connectivity index (χ0n) is 19.8. The minimum absolute atomic E-state index is 0.0354. The van der Waals surface area contributed by atoms with Gasteiger partial charge in [0, 0.05) is 31.1 Å². The van der Waals surface area contributed by atoms with Gasteiger partial charge in [0.1, 0.15) is 11.6 Å². The molecule has 13 heteroatoms. The van der Waals surface area contributed by atoms with Gasteiger partial charge in [0.05, 0.1) is 6.04 Å². The first kappa shape index (κ1) is 27.5. The number of benzene rings is 2. The normalized spacial score (nSPS) is 11.4. The van der Waals surface area contributed by atoms with Crippen molar-refractivity contribution >= 4 is 34.6 Å². The second-order valence-electron chi connectivity index (χ2n) is 7.92. The highest BCUT2D eigenvalue weighted by Gasteiger charge is 2.23. The Hall–Kier alpha value is -4.13. The Morgan fingerprint density at radius 3 is 2.59 bits per heavy atom. The number of carbonyl (C=O) groups excluding carboxylic acids is 2. The highest BCUT2D eigenvalue weighted by atomic mass is 32.1. The van der Waals surface area contributed by atoms with Gasteiger partial charge in [-0.3, -0.25) is 10.1 Å². The van der Waals surface area contributed by atoms with E-state index in [0.29, 0.717) is 5.01 Å². The van der Waals surface area contributed by atoms with E-state index in [1.165, 1.54) is 24.1 Å². The third-order valence-electron chi connectivity index (χ3n) is 5.32. The number of nitrogens with zero attached hydrogens (tertiary/aromatic N) is 3. The van der Waals surface area contributed by atoms with E-state index in [-0.39, 0.29) is 43.1 Å². The predicted octanol–water partition coefficient (Wildman–Crippen LogP) is 4.50. The SMILES string of the molecule is CN(C(=O)NCc1cccc(F)c1F)[C@@H](CCCC(=O)O)COC(=O)Nc1nnc(-c2ccccc2)s1. The van der Waals surface area contributed by atoms with Gasteiger partial charge in [-0.05, 0) is 18.9 Å². The highest BCUT2D eigenvalue weighted by molar-refractivity contribution is 7.18. The van der Waals surface area contributed by atoms with Crippen molar-refractivity contribution in [2.75, 3.05) is 19.0 Å². The molecule has 0 unspecified atom stereocenters. The van der Waals surface area contributed by atoms with Crippen molar-refractivity contribution in [3.63, 3.8) is 0 Å². The molecule has 1 aromatic heterocycles. The Bertz CT molecular complexity index is 1230. The third kappa shape index (κ3) is 8.20. The fourth-order valence-corrected chi connectivity index (χ4v) is 4.03. The number of aliphatic carboxylic acids is 1. The van der Waals surface area contributed by atoms with Crippen LogP contribution in [0.1, 0.15) is 24.8 Å². The molecule has 1 atom stereocenters. The Labute approximate surface area is 215 Å². The number of anilines is 1. The van der Waals surface area contributed by atoms with Crippen LogP contribution in [0.3, 0.4) is 0 Å². The fraction of sp³-hybridized carbons (Fsp3) is 0.292. The molecular weight excluding hydrogens is 508 g/mol. The standard InChI is InChI=1S/C24H25F2N5O5S/c1-31(23(34)27-13-16-9-5-11-18(25)20(16)26)17(10-6-12-19(32)33)14-36-24(35)28-22-30-29-21(37-22)15-7-3-2-4-8-15/h2-5,7-9,11,17H,6,10,12-14H2,1H3,(H,27,34)(H,32,33)(H,28,30,35)/t17-/m0/s1. The lowest BCUT2D eigenvalue weighted by Crippen LogP contribution is -2.46. The van der Waals surface area contributed by atoms with Gasteiger partial charge in [-0.15, -0.1) is 10.2 Å². The van der Waals surface area contributed by atoms with Crippen molar-refractivity contribution in [1.29, 1.82) is 0 Å². The number of amides is 3. The molecular formula is C24H25F2N5O5S. The maximum atomic E-state index is 13.9. The maximum absolute atomic E-state index is 13.9. The lowest BCUT2D eigenvalue weighted by molar-refractivity contribution is -0.137. The number of hydrogen-bond donors (Lipinski definition) is 3. The summed E-state index contributed by atoms with van der Waals surface area (Å²) in [5, 5.41) is 22.7. The third-order valence-corrected chi connectivity index (χ3v) is 6.21. The molecule has 0 aliphatic rings. The van der Waals surface area contributed by atoms with Crippen LogP contribution < -0.4 is 10.6 Å². The van der Waals surface area contributed by atoms with E-state index >= 15 is 0 Å². The van der Waals surface area contributed by atoms with E-state index in [1.807, 2.05) is 30.3 Å². The molecule has 0 fully saturated rings. The van der Waals surface area contributed by atoms with Gasteiger partial charge in [0.2, 0.25) is 5.13 Å². The van der Waals surface area contributed by atoms with Gasteiger partial charge in [0.25, 0.3) is 0 Å². The van der Waals surface area contributed by atoms with E-state index in [1.54, 1.807) is 0 Å². The Morgan fingerprint density at radius 1 is 1.11 bits per heavy atom. The summed E-state index contributed by atoms with van der Waals surface area (Å²) in [5.41, 5.74) is 0.803. The molecule has 3 rings (SSSR count). The number of ether oxygens (including phenoxy) is 1. The first-order valence-corrected chi connectivity index (χ1v) is 12.0. The van der Waals surface area contributed by atoms with Crippen molar-refractivity contribution in [3.05, 3.63) is 65.7 Å². The van der Waals surface area contributed by atoms with Crippen LogP contribution >= 0.6 is 11.3 Å². The number of hydrogen-bond acceptors (Lipinski definition) is 7. The van der Waals surface area contributed by atoms with Crippen molar-refractivity contribution in [3.8, 4) is 10.6 Å². The fourth-order valence-electron chi connectivity index (χ4n) is 3.29. The molecule has 0 saturated carbocycles. The van der Waals surface area contributed by atoms with Crippen LogP contribution in [0.5, 0.6) is 0 Å². The number of carboxylic acids is 1. The molecule has 196 valence electrons. The van der Waals surface area contributed by atoms with Gasteiger partial charge >= 0.3 is 18.1 Å². The quantitative estimate of drug-likeness (QED) is 0.331. The van der Waals surface area contributed by atoms with Crippen LogP contribution in [-0.4, -0.2) is 58.0 Å². The van der Waals surface area contributed by atoms with Gasteiger partial charge in [0.15, 0.2) is 11.6 Å². The molecule has 3 amide bonds. The van der Waals surface area contributed by atoms with Crippen LogP contribution in [0.25, 0.3) is 10.6 Å². The molecule has 3 N–H and O–H groups in total. The first-order valence-electron chi connectivity index (χ1n) is 11.2. The summed E-state index contributed by atoms with van der Waals surface area (Å²) in [6, 6.07) is 11.6. The summed E-state index contributed by atoms with van der Waals surface area (Å²) in [6.45, 7) is -0.509. The molecule has 0 radical (unpaired) electrons. The van der Waals surface area contributed by atoms with Crippen molar-refractivity contribution < 1.29 is 33.0 Å². The number of rotatable bonds is 11. The van der Waals surface area contributed by atoms with Gasteiger partial charge < -0.3 is 20.1 Å². The van der Waals surface area contributed by atoms with Crippen LogP contribution in [0.4, 0.5) is 23.5 Å². The monoisotopic (exact) mass is 533 g/mol. The molecule has 0 saturated heterocycles. The second kappa shape index (κ2) is 13.3. The number of likely N-dealkylation sites (N-methyl/N-ethyl adjacent to an activating group) is 1. The molecule has 0 aliphatic carbocycles. The largest absolute Gasteiger partial charge is 0.481 e. The Kier molecular flexibility index (Phi) is 9.84. The number of halogens is 2. The predicted molar refractivity (Wildman–Crippen MR) is 132 cm³/mol. The summed E-state index contributed by atoms with van der Waals surface area (Å²) in [5.74, 6) is -3.09. The van der Waals surface area contributed by atoms with Crippen molar-refractivity contribution in [2.24, 2.45) is 0 Å². The first-order chi connectivity index (χ1) is 17.7. The molecule has 0 aliphatic heterocycles. The number of aromatic nitrogens is 2. The lowest BCUT2D eigenvalue weighted by atomic mass is 10.1. The summed E-state index contributed by atoms with van der Waals surface area (Å²) in [7, 11) is 1.43. The lowest BCUT2D eigenvalue weighted by Gasteiger charge is -2.28. The minimum Gasteiger partial charge on any atom is -0.481 e. The molecule has 0 spiro atoms. The van der Waals surface area contributed by atoms with E-state index in [4.69, 9.17) is 9.84 Å². The summed E-state index contributed by atoms with van der Waals surface area (Å²) < 4.78 is 32.5. The molecule has 3 aromatic rings. The van der Waals surface area contributed by atoms with E-state index in [2.05, 4.69) is 20.8 Å². The van der Waals surface area contributed by atoms with Crippen LogP contribution in [0.2, 0.25) is 0 Å². The number of nitrogens with one attached hydrogen (secondary N) is 2. The molecule has 37 heavy (non-hydrogen) atoms. The molecule has 10 nitrogen and oxygen atoms in total. The molecule has 1 heterocycles. The van der Waals surface area contributed by atoms with Crippen LogP contribution in [0.15, 0.2) is 48.5 Å². The van der Waals surface area contributed by atoms with Crippen molar-refractivity contribution in [2.45, 2.75) is 31.8 Å². The Morgan fingerprint density at radius 2 is 1.86 bits per heavy atom. The molecule has 2 aromatic carbocycles. The minimum atomic E-state index is -1.06. The topological polar surface area (TPSA) is 134 Å².